The van der Waals surface area contributed by atoms with E-state index in [-0.39, 0.29) is 11.7 Å². The topological polar surface area (TPSA) is 70.1 Å². The fourth-order valence-corrected chi connectivity index (χ4v) is 4.13. The molecule has 2 aliphatic rings. The van der Waals surface area contributed by atoms with Crippen molar-refractivity contribution < 1.29 is 19.4 Å². The molecule has 2 aromatic carbocycles. The molecule has 0 aromatic heterocycles. The Bertz CT molecular complexity index is 962. The highest BCUT2D eigenvalue weighted by molar-refractivity contribution is 5.99. The van der Waals surface area contributed by atoms with Gasteiger partial charge in [-0.05, 0) is 29.3 Å². The first-order valence-electron chi connectivity index (χ1n) is 10.2. The second kappa shape index (κ2) is 8.42. The summed E-state index contributed by atoms with van der Waals surface area (Å²) in [5, 5.41) is 8.84. The van der Waals surface area contributed by atoms with Crippen molar-refractivity contribution in [3.05, 3.63) is 71.3 Å². The lowest BCUT2D eigenvalue weighted by molar-refractivity contribution is -0.117. The van der Waals surface area contributed by atoms with Gasteiger partial charge < -0.3 is 14.7 Å². The van der Waals surface area contributed by atoms with E-state index in [1.807, 2.05) is 12.1 Å². The molecule has 0 atom stereocenters. The number of fused-ring (bicyclic) bond motifs is 1. The van der Waals surface area contributed by atoms with Gasteiger partial charge in [0, 0.05) is 39.5 Å². The van der Waals surface area contributed by atoms with Crippen molar-refractivity contribution >= 4 is 17.8 Å². The van der Waals surface area contributed by atoms with Crippen LogP contribution in [0.3, 0.4) is 0 Å². The molecule has 1 N–H and O–H groups in total. The lowest BCUT2D eigenvalue weighted by Gasteiger charge is -2.49. The van der Waals surface area contributed by atoms with Gasteiger partial charge in [0.15, 0.2) is 11.5 Å². The highest BCUT2D eigenvalue weighted by Gasteiger charge is 2.46. The van der Waals surface area contributed by atoms with E-state index < -0.39 is 12.3 Å². The Kier molecular flexibility index (Phi) is 5.70. The number of hydrogen-bond donors (Lipinski definition) is 1. The Labute approximate surface area is 176 Å². The summed E-state index contributed by atoms with van der Waals surface area (Å²) in [6.45, 7) is 2.07. The highest BCUT2D eigenvalue weighted by atomic mass is 16.5. The molecule has 2 aliphatic heterocycles. The number of nitrogens with zero attached hydrogens (tertiary/aromatic N) is 2. The first-order valence-corrected chi connectivity index (χ1v) is 10.2. The average Bonchev–Trinajstić information content (AvgIpc) is 2.78. The zero-order chi connectivity index (χ0) is 21.1. The van der Waals surface area contributed by atoms with E-state index in [0.717, 1.165) is 38.0 Å². The van der Waals surface area contributed by atoms with Crippen molar-refractivity contribution in [3.63, 3.8) is 0 Å². The minimum Gasteiger partial charge on any atom is -0.467 e. The van der Waals surface area contributed by atoms with E-state index in [4.69, 9.17) is 9.84 Å². The van der Waals surface area contributed by atoms with Gasteiger partial charge in [-0.25, -0.2) is 0 Å². The molecular weight excluding hydrogens is 380 g/mol. The van der Waals surface area contributed by atoms with Crippen molar-refractivity contribution in [2.45, 2.75) is 25.1 Å². The minimum absolute atomic E-state index is 0.0727. The lowest BCUT2D eigenvalue weighted by Crippen LogP contribution is -2.61. The third-order valence-electron chi connectivity index (χ3n) is 5.95. The second-order valence-corrected chi connectivity index (χ2v) is 7.89. The van der Waals surface area contributed by atoms with Gasteiger partial charge in [-0.2, -0.15) is 0 Å². The van der Waals surface area contributed by atoms with Crippen LogP contribution in [0.25, 0.3) is 6.08 Å². The van der Waals surface area contributed by atoms with Crippen LogP contribution in [-0.4, -0.2) is 59.1 Å². The van der Waals surface area contributed by atoms with Gasteiger partial charge in [-0.1, -0.05) is 42.5 Å². The number of likely N-dealkylation sites (tertiary alicyclic amines) is 1. The van der Waals surface area contributed by atoms with Gasteiger partial charge in [-0.3, -0.25) is 14.5 Å². The number of ether oxygens (including phenoxy) is 1. The summed E-state index contributed by atoms with van der Waals surface area (Å²) in [7, 11) is 1.80. The number of hydrogen-bond acceptors (Lipinski definition) is 5. The second-order valence-electron chi connectivity index (χ2n) is 7.89. The lowest BCUT2D eigenvalue weighted by atomic mass is 9.94. The number of amides is 1. The predicted molar refractivity (Wildman–Crippen MR) is 114 cm³/mol. The molecule has 4 rings (SSSR count). The third kappa shape index (κ3) is 4.01. The van der Waals surface area contributed by atoms with Crippen molar-refractivity contribution in [3.8, 4) is 5.75 Å². The van der Waals surface area contributed by atoms with Crippen LogP contribution < -0.4 is 4.74 Å². The molecule has 0 aliphatic carbocycles. The molecule has 6 nitrogen and oxygen atoms in total. The van der Waals surface area contributed by atoms with E-state index >= 15 is 0 Å². The van der Waals surface area contributed by atoms with Crippen LogP contribution >= 0.6 is 0 Å². The Morgan fingerprint density at radius 3 is 2.60 bits per heavy atom. The summed E-state index contributed by atoms with van der Waals surface area (Å²) >= 11 is 0. The molecule has 0 saturated carbocycles. The van der Waals surface area contributed by atoms with Crippen LogP contribution in [0.15, 0.2) is 54.6 Å². The number of carbonyl (C=O) groups is 2. The van der Waals surface area contributed by atoms with Gasteiger partial charge in [0.2, 0.25) is 0 Å². The summed E-state index contributed by atoms with van der Waals surface area (Å²) in [5.74, 6) is 0.130. The van der Waals surface area contributed by atoms with E-state index in [9.17, 15) is 9.59 Å². The molecular formula is C24H26N2O4. The van der Waals surface area contributed by atoms with Crippen LogP contribution in [0, 0.1) is 0 Å². The number of aliphatic hydroxyl groups excluding tert-OH is 1. The minimum atomic E-state index is -0.624. The molecule has 0 unspecified atom stereocenters. The number of carbonyl (C=O) groups excluding carboxylic acids is 2. The smallest absolute Gasteiger partial charge is 0.260 e. The summed E-state index contributed by atoms with van der Waals surface area (Å²) in [4.78, 5) is 28.5. The third-order valence-corrected chi connectivity index (χ3v) is 5.95. The SMILES string of the molecule is CN1C(=O)c2cc(/C=C/C(=O)CO)ccc2OC12CCN(Cc1ccccc1)CC2. The standard InChI is InChI=1S/C24H26N2O4/c1-25-23(29)21-15-18(7-9-20(28)17-27)8-10-22(21)30-24(25)11-13-26(14-12-24)16-19-5-3-2-4-6-19/h2-10,15,27H,11-14,16-17H2,1H3/b9-7+. The molecule has 2 aromatic rings. The molecule has 0 bridgehead atoms. The summed E-state index contributed by atoms with van der Waals surface area (Å²) in [6.07, 6.45) is 4.39. The van der Waals surface area contributed by atoms with Crippen LogP contribution in [0.5, 0.6) is 5.75 Å². The van der Waals surface area contributed by atoms with Crippen molar-refractivity contribution in [2.24, 2.45) is 0 Å². The molecule has 2 heterocycles. The summed E-state index contributed by atoms with van der Waals surface area (Å²) < 4.78 is 6.39. The van der Waals surface area contributed by atoms with Gasteiger partial charge in [0.05, 0.1) is 5.56 Å². The first-order chi connectivity index (χ1) is 14.5. The maximum absolute atomic E-state index is 13.1. The van der Waals surface area contributed by atoms with Crippen LogP contribution in [0.2, 0.25) is 0 Å². The predicted octanol–water partition coefficient (Wildman–Crippen LogP) is 2.72. The molecule has 1 saturated heterocycles. The van der Waals surface area contributed by atoms with Gasteiger partial charge in [0.1, 0.15) is 12.4 Å². The largest absolute Gasteiger partial charge is 0.467 e. The Morgan fingerprint density at radius 2 is 1.90 bits per heavy atom. The quantitative estimate of drug-likeness (QED) is 0.774. The number of benzene rings is 2. The van der Waals surface area contributed by atoms with Crippen LogP contribution in [0.4, 0.5) is 0 Å². The van der Waals surface area contributed by atoms with E-state index in [2.05, 4.69) is 29.2 Å². The van der Waals surface area contributed by atoms with Gasteiger partial charge >= 0.3 is 0 Å². The first kappa shape index (κ1) is 20.3. The number of piperidine rings is 1. The monoisotopic (exact) mass is 406 g/mol. The summed E-state index contributed by atoms with van der Waals surface area (Å²) in [6, 6.07) is 15.7. The Balaban J connectivity index is 1.48. The molecule has 6 heteroatoms. The molecule has 1 spiro atoms. The normalized spacial score (nSPS) is 18.5. The zero-order valence-electron chi connectivity index (χ0n) is 17.1. The number of ketones is 1. The maximum atomic E-state index is 13.1. The van der Waals surface area contributed by atoms with Crippen molar-refractivity contribution in [1.29, 1.82) is 0 Å². The number of rotatable bonds is 5. The van der Waals surface area contributed by atoms with E-state index in [0.29, 0.717) is 11.3 Å². The molecule has 156 valence electrons. The van der Waals surface area contributed by atoms with Gasteiger partial charge in [0.25, 0.3) is 5.91 Å². The molecule has 1 fully saturated rings. The van der Waals surface area contributed by atoms with Crippen LogP contribution in [-0.2, 0) is 11.3 Å². The summed E-state index contributed by atoms with van der Waals surface area (Å²) in [5.41, 5.74) is 1.87. The van der Waals surface area contributed by atoms with E-state index in [1.165, 1.54) is 11.6 Å². The van der Waals surface area contributed by atoms with Gasteiger partial charge in [-0.15, -0.1) is 0 Å². The van der Waals surface area contributed by atoms with Crippen LogP contribution in [0.1, 0.15) is 34.3 Å². The maximum Gasteiger partial charge on any atom is 0.260 e. The fourth-order valence-electron chi connectivity index (χ4n) is 4.13. The number of aliphatic hydroxyl groups is 1. The van der Waals surface area contributed by atoms with E-state index in [1.54, 1.807) is 30.2 Å². The zero-order valence-corrected chi connectivity index (χ0v) is 17.1. The Morgan fingerprint density at radius 1 is 1.17 bits per heavy atom. The van der Waals surface area contributed by atoms with Crippen molar-refractivity contribution in [1.82, 2.24) is 9.80 Å². The van der Waals surface area contributed by atoms with Crippen molar-refractivity contribution in [2.75, 3.05) is 26.7 Å². The Hall–Kier alpha value is -2.96. The average molecular weight is 406 g/mol. The fraction of sp³-hybridized carbons (Fsp3) is 0.333. The molecule has 0 radical (unpaired) electrons. The molecule has 1 amide bonds. The molecule has 30 heavy (non-hydrogen) atoms. The highest BCUT2D eigenvalue weighted by Crippen LogP contribution is 2.39.